The molecule has 2 amide bonds. The summed E-state index contributed by atoms with van der Waals surface area (Å²) < 4.78 is 16.1. The van der Waals surface area contributed by atoms with Gasteiger partial charge in [0.2, 0.25) is 0 Å². The van der Waals surface area contributed by atoms with Gasteiger partial charge in [-0.15, -0.1) is 0 Å². The number of nitrogens with one attached hydrogen (secondary N) is 2. The van der Waals surface area contributed by atoms with Crippen LogP contribution in [0.5, 0.6) is 11.5 Å². The molecule has 0 spiro atoms. The third kappa shape index (κ3) is 7.14. The lowest BCUT2D eigenvalue weighted by Gasteiger charge is -2.20. The zero-order valence-electron chi connectivity index (χ0n) is 13.2. The Morgan fingerprint density at radius 1 is 1.18 bits per heavy atom. The fourth-order valence-corrected chi connectivity index (χ4v) is 1.71. The number of urea groups is 1. The van der Waals surface area contributed by atoms with E-state index in [0.717, 1.165) is 0 Å². The van der Waals surface area contributed by atoms with Crippen LogP contribution in [0.1, 0.15) is 20.8 Å². The highest BCUT2D eigenvalue weighted by atomic mass is 16.7. The van der Waals surface area contributed by atoms with E-state index in [1.165, 1.54) is 12.1 Å². The lowest BCUT2D eigenvalue weighted by atomic mass is 10.3. The first-order valence-electron chi connectivity index (χ1n) is 7.28. The minimum absolute atomic E-state index is 0.156. The van der Waals surface area contributed by atoms with Crippen LogP contribution in [0, 0.1) is 0 Å². The molecule has 0 heterocycles. The number of rotatable bonds is 9. The van der Waals surface area contributed by atoms with Crippen LogP contribution in [0.15, 0.2) is 24.3 Å². The van der Waals surface area contributed by atoms with E-state index in [-0.39, 0.29) is 18.3 Å². The first kappa shape index (κ1) is 18.1. The van der Waals surface area contributed by atoms with E-state index in [1.54, 1.807) is 19.1 Å². The lowest BCUT2D eigenvalue weighted by molar-refractivity contribution is -0.131. The molecule has 22 heavy (non-hydrogen) atoms. The van der Waals surface area contributed by atoms with Crippen molar-refractivity contribution in [1.29, 1.82) is 0 Å². The van der Waals surface area contributed by atoms with Crippen molar-refractivity contribution < 1.29 is 24.1 Å². The molecular formula is C15H24N2O5. The summed E-state index contributed by atoms with van der Waals surface area (Å²) in [6.07, 6.45) is -0.990. The van der Waals surface area contributed by atoms with Gasteiger partial charge in [-0.05, 0) is 45.0 Å². The average Bonchev–Trinajstić information content (AvgIpc) is 2.47. The minimum Gasteiger partial charge on any atom is -0.508 e. The topological polar surface area (TPSA) is 89.1 Å². The molecule has 124 valence electrons. The van der Waals surface area contributed by atoms with Gasteiger partial charge >= 0.3 is 6.03 Å². The summed E-state index contributed by atoms with van der Waals surface area (Å²) in [5.74, 6) is 0.704. The van der Waals surface area contributed by atoms with Crippen LogP contribution in [0.2, 0.25) is 0 Å². The van der Waals surface area contributed by atoms with Gasteiger partial charge in [0.25, 0.3) is 0 Å². The van der Waals surface area contributed by atoms with Gasteiger partial charge in [0.05, 0.1) is 6.54 Å². The minimum atomic E-state index is -0.526. The van der Waals surface area contributed by atoms with Gasteiger partial charge in [0, 0.05) is 13.2 Å². The average molecular weight is 312 g/mol. The van der Waals surface area contributed by atoms with Crippen molar-refractivity contribution in [3.05, 3.63) is 24.3 Å². The number of carbonyl (C=O) groups is 1. The van der Waals surface area contributed by atoms with Crippen molar-refractivity contribution in [3.8, 4) is 11.5 Å². The first-order valence-corrected chi connectivity index (χ1v) is 7.28. The molecule has 3 N–H and O–H groups in total. The van der Waals surface area contributed by atoms with E-state index in [1.807, 2.05) is 13.8 Å². The third-order valence-electron chi connectivity index (χ3n) is 2.62. The van der Waals surface area contributed by atoms with Crippen LogP contribution in [0.4, 0.5) is 4.79 Å². The number of aromatic hydroxyl groups is 1. The molecule has 0 aliphatic heterocycles. The number of phenols is 1. The number of phenolic OH excluding ortho intramolecular Hbond substituents is 1. The van der Waals surface area contributed by atoms with Gasteiger partial charge in [-0.2, -0.15) is 0 Å². The fourth-order valence-electron chi connectivity index (χ4n) is 1.71. The number of ether oxygens (including phenoxy) is 3. The molecule has 0 fully saturated rings. The summed E-state index contributed by atoms with van der Waals surface area (Å²) in [5.41, 5.74) is 0. The summed E-state index contributed by atoms with van der Waals surface area (Å²) in [4.78, 5) is 11.8. The highest BCUT2D eigenvalue weighted by Crippen LogP contribution is 2.16. The molecule has 0 aromatic heterocycles. The largest absolute Gasteiger partial charge is 0.508 e. The van der Waals surface area contributed by atoms with Crippen molar-refractivity contribution in [3.63, 3.8) is 0 Å². The second-order valence-electron chi connectivity index (χ2n) is 4.45. The highest BCUT2D eigenvalue weighted by Gasteiger charge is 2.12. The molecule has 0 aliphatic carbocycles. The summed E-state index contributed by atoms with van der Waals surface area (Å²) in [6, 6.07) is 5.88. The second-order valence-corrected chi connectivity index (χ2v) is 4.45. The van der Waals surface area contributed by atoms with Crippen LogP contribution in [0.25, 0.3) is 0 Å². The van der Waals surface area contributed by atoms with E-state index >= 15 is 0 Å². The molecule has 1 unspecified atom stereocenters. The van der Waals surface area contributed by atoms with Gasteiger partial charge in [-0.3, -0.25) is 0 Å². The van der Waals surface area contributed by atoms with Crippen molar-refractivity contribution in [1.82, 2.24) is 10.6 Å². The Labute approximate surface area is 130 Å². The highest BCUT2D eigenvalue weighted by molar-refractivity contribution is 5.74. The van der Waals surface area contributed by atoms with Gasteiger partial charge < -0.3 is 30.0 Å². The number of carbonyl (C=O) groups excluding carboxylic acids is 1. The maximum absolute atomic E-state index is 11.8. The smallest absolute Gasteiger partial charge is 0.317 e. The van der Waals surface area contributed by atoms with Crippen LogP contribution in [-0.4, -0.2) is 43.4 Å². The molecular weight excluding hydrogens is 288 g/mol. The Bertz CT molecular complexity index is 432. The summed E-state index contributed by atoms with van der Waals surface area (Å²) in [5, 5.41) is 14.5. The van der Waals surface area contributed by atoms with Gasteiger partial charge in [-0.1, -0.05) is 0 Å². The summed E-state index contributed by atoms with van der Waals surface area (Å²) >= 11 is 0. The van der Waals surface area contributed by atoms with Crippen LogP contribution in [0.3, 0.4) is 0 Å². The Morgan fingerprint density at radius 3 is 2.32 bits per heavy atom. The van der Waals surface area contributed by atoms with Crippen molar-refractivity contribution >= 4 is 6.03 Å². The van der Waals surface area contributed by atoms with E-state index < -0.39 is 12.5 Å². The van der Waals surface area contributed by atoms with Crippen molar-refractivity contribution in [2.75, 3.05) is 19.8 Å². The van der Waals surface area contributed by atoms with E-state index in [4.69, 9.17) is 14.2 Å². The molecule has 0 saturated carbocycles. The van der Waals surface area contributed by atoms with Gasteiger partial charge in [-0.25, -0.2) is 4.79 Å². The molecule has 1 aromatic carbocycles. The SMILES string of the molecule is CCOC(CNC(=O)NC(C)Oc1ccc(O)cc1)OCC. The van der Waals surface area contributed by atoms with Crippen molar-refractivity contribution in [2.24, 2.45) is 0 Å². The van der Waals surface area contributed by atoms with Gasteiger partial charge in [0.1, 0.15) is 11.5 Å². The van der Waals surface area contributed by atoms with E-state index in [0.29, 0.717) is 19.0 Å². The summed E-state index contributed by atoms with van der Waals surface area (Å²) in [7, 11) is 0. The molecule has 0 saturated heterocycles. The Kier molecular flexibility index (Phi) is 8.09. The molecule has 0 aliphatic rings. The monoisotopic (exact) mass is 312 g/mol. The normalized spacial score (nSPS) is 12.0. The molecule has 7 heteroatoms. The Hall–Kier alpha value is -1.99. The molecule has 1 atom stereocenters. The standard InChI is InChI=1S/C15H24N2O5/c1-4-20-14(21-5-2)10-16-15(19)17-11(3)22-13-8-6-12(18)7-9-13/h6-9,11,14,18H,4-5,10H2,1-3H3,(H2,16,17,19). The number of hydrogen-bond acceptors (Lipinski definition) is 5. The maximum atomic E-state index is 11.8. The molecule has 0 radical (unpaired) electrons. The van der Waals surface area contributed by atoms with Crippen LogP contribution < -0.4 is 15.4 Å². The predicted octanol–water partition coefficient (Wildman–Crippen LogP) is 1.82. The maximum Gasteiger partial charge on any atom is 0.317 e. The zero-order chi connectivity index (χ0) is 16.4. The second kappa shape index (κ2) is 9.86. The lowest BCUT2D eigenvalue weighted by Crippen LogP contribution is -2.46. The fraction of sp³-hybridized carbons (Fsp3) is 0.533. The first-order chi connectivity index (χ1) is 10.5. The van der Waals surface area contributed by atoms with E-state index in [2.05, 4.69) is 10.6 Å². The molecule has 0 bridgehead atoms. The summed E-state index contributed by atoms with van der Waals surface area (Å²) in [6.45, 7) is 6.69. The quantitative estimate of drug-likeness (QED) is 0.605. The van der Waals surface area contributed by atoms with Gasteiger partial charge in [0.15, 0.2) is 12.5 Å². The zero-order valence-corrected chi connectivity index (χ0v) is 13.2. The molecule has 7 nitrogen and oxygen atoms in total. The predicted molar refractivity (Wildman–Crippen MR) is 81.8 cm³/mol. The number of benzene rings is 1. The molecule has 1 aromatic rings. The number of amides is 2. The Morgan fingerprint density at radius 2 is 1.77 bits per heavy atom. The third-order valence-corrected chi connectivity index (χ3v) is 2.62. The van der Waals surface area contributed by atoms with E-state index in [9.17, 15) is 9.90 Å². The van der Waals surface area contributed by atoms with Crippen LogP contribution >= 0.6 is 0 Å². The number of hydrogen-bond donors (Lipinski definition) is 3. The van der Waals surface area contributed by atoms with Crippen molar-refractivity contribution in [2.45, 2.75) is 33.3 Å². The van der Waals surface area contributed by atoms with Crippen LogP contribution in [-0.2, 0) is 9.47 Å². The molecule has 1 rings (SSSR count). The Balaban J connectivity index is 2.32.